The maximum Gasteiger partial charge on any atom is 0.118 e. The van der Waals surface area contributed by atoms with Crippen molar-refractivity contribution in [2.75, 3.05) is 26.4 Å². The summed E-state index contributed by atoms with van der Waals surface area (Å²) in [6, 6.07) is 7.25. The molecule has 2 aliphatic rings. The quantitative estimate of drug-likeness (QED) is 0.808. The third kappa shape index (κ3) is 5.17. The van der Waals surface area contributed by atoms with E-state index in [2.05, 4.69) is 0 Å². The highest BCUT2D eigenvalue weighted by Crippen LogP contribution is 2.13. The summed E-state index contributed by atoms with van der Waals surface area (Å²) in [6.45, 7) is 5.13. The van der Waals surface area contributed by atoms with E-state index in [-0.39, 0.29) is 0 Å². The summed E-state index contributed by atoms with van der Waals surface area (Å²) in [5.74, 6) is 0.368. The summed E-state index contributed by atoms with van der Waals surface area (Å²) in [6.07, 6.45) is 0.785. The highest BCUT2D eigenvalue weighted by molar-refractivity contribution is 5.29. The van der Waals surface area contributed by atoms with Crippen molar-refractivity contribution in [3.63, 3.8) is 0 Å². The maximum atomic E-state index is 8.92. The second-order valence-electron chi connectivity index (χ2n) is 4.23. The monoisotopic (exact) mass is 238 g/mol. The standard InChI is InChI=1S/C7H8O.C6H10O3/c1-6-4-2-3-5-7(6)8;1(5-3-8-5)7-2-6-4-9-6/h2-5,8H,1H3;5-6H,1-4H2. The number of benzene rings is 1. The Balaban J connectivity index is 0.000000128. The van der Waals surface area contributed by atoms with Crippen LogP contribution >= 0.6 is 0 Å². The Morgan fingerprint density at radius 1 is 1.18 bits per heavy atom. The van der Waals surface area contributed by atoms with Crippen LogP contribution in [0.15, 0.2) is 24.3 Å². The molecule has 2 saturated heterocycles. The van der Waals surface area contributed by atoms with Gasteiger partial charge in [0.05, 0.1) is 26.4 Å². The number of hydrogen-bond acceptors (Lipinski definition) is 4. The molecule has 0 spiro atoms. The van der Waals surface area contributed by atoms with E-state index in [9.17, 15) is 0 Å². The molecule has 0 bridgehead atoms. The smallest absolute Gasteiger partial charge is 0.118 e. The van der Waals surface area contributed by atoms with E-state index in [1.807, 2.05) is 25.1 Å². The molecule has 17 heavy (non-hydrogen) atoms. The van der Waals surface area contributed by atoms with Gasteiger partial charge in [-0.25, -0.2) is 0 Å². The number of aryl methyl sites for hydroxylation is 1. The second-order valence-corrected chi connectivity index (χ2v) is 4.23. The molecule has 2 unspecified atom stereocenters. The van der Waals surface area contributed by atoms with Gasteiger partial charge in [0.1, 0.15) is 18.0 Å². The molecule has 0 amide bonds. The summed E-state index contributed by atoms with van der Waals surface area (Å²) in [7, 11) is 0. The number of phenolic OH excluding ortho intramolecular Hbond substituents is 1. The SMILES string of the molecule is C(OCC1CO1)C1CO1.Cc1ccccc1O. The lowest BCUT2D eigenvalue weighted by molar-refractivity contribution is 0.102. The van der Waals surface area contributed by atoms with Crippen LogP contribution in [-0.4, -0.2) is 43.7 Å². The number of rotatable bonds is 4. The highest BCUT2D eigenvalue weighted by Gasteiger charge is 2.26. The van der Waals surface area contributed by atoms with Crippen molar-refractivity contribution in [1.82, 2.24) is 0 Å². The van der Waals surface area contributed by atoms with Crippen LogP contribution in [0.25, 0.3) is 0 Å². The van der Waals surface area contributed by atoms with Gasteiger partial charge in [-0.1, -0.05) is 18.2 Å². The first-order chi connectivity index (χ1) is 8.25. The molecule has 94 valence electrons. The van der Waals surface area contributed by atoms with Crippen LogP contribution < -0.4 is 0 Å². The van der Waals surface area contributed by atoms with E-state index >= 15 is 0 Å². The molecule has 4 heteroatoms. The summed E-state index contributed by atoms with van der Waals surface area (Å²) >= 11 is 0. The first-order valence-corrected chi connectivity index (χ1v) is 5.81. The molecule has 0 aliphatic carbocycles. The van der Waals surface area contributed by atoms with E-state index in [4.69, 9.17) is 19.3 Å². The van der Waals surface area contributed by atoms with E-state index in [1.54, 1.807) is 6.07 Å². The normalized spacial score (nSPS) is 24.8. The topological polar surface area (TPSA) is 54.5 Å². The molecular formula is C13H18O4. The fourth-order valence-corrected chi connectivity index (χ4v) is 1.22. The van der Waals surface area contributed by atoms with E-state index in [0.717, 1.165) is 32.0 Å². The average Bonchev–Trinajstić information content (AvgIpc) is 3.16. The van der Waals surface area contributed by atoms with Crippen LogP contribution in [0, 0.1) is 6.92 Å². The van der Waals surface area contributed by atoms with Gasteiger partial charge in [-0.05, 0) is 18.6 Å². The molecule has 2 aliphatic heterocycles. The van der Waals surface area contributed by atoms with Crippen molar-refractivity contribution in [1.29, 1.82) is 0 Å². The van der Waals surface area contributed by atoms with Crippen molar-refractivity contribution in [3.05, 3.63) is 29.8 Å². The van der Waals surface area contributed by atoms with Crippen molar-refractivity contribution >= 4 is 0 Å². The number of ether oxygens (including phenoxy) is 3. The minimum Gasteiger partial charge on any atom is -0.508 e. The lowest BCUT2D eigenvalue weighted by Crippen LogP contribution is -2.06. The Morgan fingerprint density at radius 2 is 1.71 bits per heavy atom. The van der Waals surface area contributed by atoms with Gasteiger partial charge in [-0.15, -0.1) is 0 Å². The maximum absolute atomic E-state index is 8.92. The first-order valence-electron chi connectivity index (χ1n) is 5.81. The van der Waals surface area contributed by atoms with Crippen LogP contribution in [0.1, 0.15) is 5.56 Å². The van der Waals surface area contributed by atoms with Gasteiger partial charge in [-0.2, -0.15) is 0 Å². The van der Waals surface area contributed by atoms with Gasteiger partial charge in [0.25, 0.3) is 0 Å². The molecule has 0 radical (unpaired) electrons. The van der Waals surface area contributed by atoms with Crippen molar-refractivity contribution < 1.29 is 19.3 Å². The number of phenols is 1. The van der Waals surface area contributed by atoms with Crippen LogP contribution in [0.4, 0.5) is 0 Å². The van der Waals surface area contributed by atoms with Gasteiger partial charge in [0.2, 0.25) is 0 Å². The zero-order valence-corrected chi connectivity index (χ0v) is 9.96. The summed E-state index contributed by atoms with van der Waals surface area (Å²) in [5.41, 5.74) is 0.924. The Bertz CT molecular complexity index is 312. The Hall–Kier alpha value is -1.10. The van der Waals surface area contributed by atoms with Crippen LogP contribution in [-0.2, 0) is 14.2 Å². The fraction of sp³-hybridized carbons (Fsp3) is 0.538. The van der Waals surface area contributed by atoms with Crippen LogP contribution in [0.3, 0.4) is 0 Å². The summed E-state index contributed by atoms with van der Waals surface area (Å²) in [4.78, 5) is 0. The largest absolute Gasteiger partial charge is 0.508 e. The first kappa shape index (κ1) is 12.4. The van der Waals surface area contributed by atoms with Crippen molar-refractivity contribution in [2.45, 2.75) is 19.1 Å². The predicted molar refractivity (Wildman–Crippen MR) is 63.1 cm³/mol. The lowest BCUT2D eigenvalue weighted by atomic mass is 10.2. The highest BCUT2D eigenvalue weighted by atomic mass is 16.6. The van der Waals surface area contributed by atoms with Crippen molar-refractivity contribution in [2.24, 2.45) is 0 Å². The van der Waals surface area contributed by atoms with Gasteiger partial charge < -0.3 is 19.3 Å². The molecule has 2 heterocycles. The molecule has 4 nitrogen and oxygen atoms in total. The van der Waals surface area contributed by atoms with E-state index < -0.39 is 0 Å². The molecule has 1 aromatic carbocycles. The molecular weight excluding hydrogens is 220 g/mol. The third-order valence-electron chi connectivity index (χ3n) is 2.53. The van der Waals surface area contributed by atoms with Crippen molar-refractivity contribution in [3.8, 4) is 5.75 Å². The second kappa shape index (κ2) is 6.00. The Morgan fingerprint density at radius 3 is 2.06 bits per heavy atom. The molecule has 1 aromatic rings. The number of hydrogen-bond donors (Lipinski definition) is 1. The van der Waals surface area contributed by atoms with Crippen LogP contribution in [0.2, 0.25) is 0 Å². The Labute approximate surface area is 101 Å². The number of epoxide rings is 2. The molecule has 2 fully saturated rings. The Kier molecular flexibility index (Phi) is 4.36. The predicted octanol–water partition coefficient (Wildman–Crippen LogP) is 1.50. The lowest BCUT2D eigenvalue weighted by Gasteiger charge is -1.95. The molecule has 1 N–H and O–H groups in total. The van der Waals surface area contributed by atoms with Gasteiger partial charge in [-0.3, -0.25) is 0 Å². The number of aromatic hydroxyl groups is 1. The average molecular weight is 238 g/mol. The van der Waals surface area contributed by atoms with Gasteiger partial charge in [0.15, 0.2) is 0 Å². The molecule has 3 rings (SSSR count). The molecule has 0 saturated carbocycles. The minimum absolute atomic E-state index is 0.368. The molecule has 2 atom stereocenters. The van der Waals surface area contributed by atoms with Crippen LogP contribution in [0.5, 0.6) is 5.75 Å². The van der Waals surface area contributed by atoms with Gasteiger partial charge in [0, 0.05) is 0 Å². The summed E-state index contributed by atoms with van der Waals surface area (Å²) in [5, 5.41) is 8.92. The minimum atomic E-state index is 0.368. The zero-order chi connectivity index (χ0) is 12.1. The van der Waals surface area contributed by atoms with E-state index in [0.29, 0.717) is 18.0 Å². The van der Waals surface area contributed by atoms with E-state index in [1.165, 1.54) is 0 Å². The van der Waals surface area contributed by atoms with Gasteiger partial charge >= 0.3 is 0 Å². The summed E-state index contributed by atoms with van der Waals surface area (Å²) < 4.78 is 15.1. The zero-order valence-electron chi connectivity index (χ0n) is 9.96. The third-order valence-corrected chi connectivity index (χ3v) is 2.53. The number of para-hydroxylation sites is 1. The fourth-order valence-electron chi connectivity index (χ4n) is 1.22. The molecule has 0 aromatic heterocycles.